The van der Waals surface area contributed by atoms with Crippen molar-refractivity contribution >= 4 is 11.7 Å². The van der Waals surface area contributed by atoms with Gasteiger partial charge in [0.1, 0.15) is 0 Å². The summed E-state index contributed by atoms with van der Waals surface area (Å²) >= 11 is 0. The topological polar surface area (TPSA) is 58.9 Å². The molecular formula is C28H45NO3. The number of rotatable bonds is 2. The maximum Gasteiger partial charge on any atom is 0.302 e. The van der Waals surface area contributed by atoms with Gasteiger partial charge in [-0.05, 0) is 104 Å². The van der Waals surface area contributed by atoms with Crippen LogP contribution in [0, 0.1) is 51.2 Å². The maximum atomic E-state index is 11.7. The van der Waals surface area contributed by atoms with Crippen molar-refractivity contribution in [1.29, 1.82) is 0 Å². The Kier molecular flexibility index (Phi) is 5.30. The Labute approximate surface area is 194 Å². The first-order valence-corrected chi connectivity index (χ1v) is 13.5. The summed E-state index contributed by atoms with van der Waals surface area (Å²) in [5.41, 5.74) is 2.40. The lowest BCUT2D eigenvalue weighted by atomic mass is 9.33. The monoisotopic (exact) mass is 443 g/mol. The van der Waals surface area contributed by atoms with E-state index >= 15 is 0 Å². The molecule has 9 atom stereocenters. The zero-order valence-corrected chi connectivity index (χ0v) is 21.1. The Morgan fingerprint density at radius 3 is 2.47 bits per heavy atom. The minimum Gasteiger partial charge on any atom is -0.465 e. The molecule has 0 heterocycles. The number of ether oxygens (including phenoxy) is 1. The molecule has 4 heteroatoms. The normalized spacial score (nSPS) is 53.7. The smallest absolute Gasteiger partial charge is 0.302 e. The molecule has 5 aliphatic carbocycles. The van der Waals surface area contributed by atoms with Crippen molar-refractivity contribution in [3.63, 3.8) is 0 Å². The molecule has 0 radical (unpaired) electrons. The van der Waals surface area contributed by atoms with Gasteiger partial charge in [0.05, 0.1) is 12.3 Å². The fourth-order valence-electron chi connectivity index (χ4n) is 10.8. The summed E-state index contributed by atoms with van der Waals surface area (Å²) in [6.07, 6.45) is 13.8. The molecule has 0 amide bonds. The van der Waals surface area contributed by atoms with Gasteiger partial charge in [0.15, 0.2) is 0 Å². The molecule has 180 valence electrons. The van der Waals surface area contributed by atoms with E-state index in [1.807, 2.05) is 0 Å². The van der Waals surface area contributed by atoms with E-state index in [1.54, 1.807) is 6.92 Å². The third-order valence-corrected chi connectivity index (χ3v) is 12.6. The highest BCUT2D eigenvalue weighted by molar-refractivity contribution is 5.87. The molecule has 0 saturated heterocycles. The molecule has 0 aromatic carbocycles. The largest absolute Gasteiger partial charge is 0.465 e. The predicted octanol–water partition coefficient (Wildman–Crippen LogP) is 6.85. The second-order valence-electron chi connectivity index (χ2n) is 13.2. The molecule has 0 aromatic heterocycles. The Morgan fingerprint density at radius 1 is 0.969 bits per heavy atom. The van der Waals surface area contributed by atoms with Crippen LogP contribution >= 0.6 is 0 Å². The van der Waals surface area contributed by atoms with E-state index in [9.17, 15) is 10.0 Å². The van der Waals surface area contributed by atoms with Gasteiger partial charge >= 0.3 is 5.97 Å². The Bertz CT molecular complexity index is 808. The highest BCUT2D eigenvalue weighted by Gasteiger charge is 2.68. The van der Waals surface area contributed by atoms with E-state index in [0.29, 0.717) is 34.7 Å². The second kappa shape index (κ2) is 7.47. The summed E-state index contributed by atoms with van der Waals surface area (Å²) in [4.78, 5) is 11.7. The van der Waals surface area contributed by atoms with Crippen LogP contribution in [0.15, 0.2) is 5.16 Å². The Hall–Kier alpha value is -1.06. The summed E-state index contributed by atoms with van der Waals surface area (Å²) in [5.74, 6) is 3.20. The molecule has 0 aliphatic heterocycles. The van der Waals surface area contributed by atoms with Gasteiger partial charge < -0.3 is 9.94 Å². The van der Waals surface area contributed by atoms with Gasteiger partial charge in [0.2, 0.25) is 0 Å². The fourth-order valence-corrected chi connectivity index (χ4v) is 10.8. The van der Waals surface area contributed by atoms with E-state index in [2.05, 4.69) is 32.9 Å². The average molecular weight is 444 g/mol. The second-order valence-corrected chi connectivity index (χ2v) is 13.2. The molecule has 5 saturated carbocycles. The molecular weight excluding hydrogens is 398 g/mol. The van der Waals surface area contributed by atoms with Crippen LogP contribution < -0.4 is 0 Å². The van der Waals surface area contributed by atoms with Gasteiger partial charge in [0.25, 0.3) is 0 Å². The molecule has 0 spiro atoms. The number of hydrogen-bond donors (Lipinski definition) is 1. The average Bonchev–Trinajstić information content (AvgIpc) is 3.17. The van der Waals surface area contributed by atoms with E-state index in [-0.39, 0.29) is 11.4 Å². The molecule has 32 heavy (non-hydrogen) atoms. The lowest BCUT2D eigenvalue weighted by molar-refractivity contribution is -0.224. The minimum absolute atomic E-state index is 0.113. The highest BCUT2D eigenvalue weighted by Crippen LogP contribution is 2.75. The zero-order valence-electron chi connectivity index (χ0n) is 21.1. The zero-order chi connectivity index (χ0) is 22.9. The van der Waals surface area contributed by atoms with Crippen molar-refractivity contribution < 1.29 is 14.7 Å². The van der Waals surface area contributed by atoms with Crippen LogP contribution in [0.3, 0.4) is 0 Å². The van der Waals surface area contributed by atoms with E-state index in [1.165, 1.54) is 64.2 Å². The summed E-state index contributed by atoms with van der Waals surface area (Å²) in [7, 11) is 0. The van der Waals surface area contributed by atoms with Gasteiger partial charge in [-0.15, -0.1) is 0 Å². The van der Waals surface area contributed by atoms with Crippen LogP contribution in [-0.4, -0.2) is 23.5 Å². The van der Waals surface area contributed by atoms with Crippen LogP contribution in [0.1, 0.15) is 105 Å². The molecule has 5 aliphatic rings. The first-order chi connectivity index (χ1) is 15.1. The van der Waals surface area contributed by atoms with Crippen LogP contribution in [0.2, 0.25) is 0 Å². The first kappa shape index (κ1) is 22.7. The molecule has 0 bridgehead atoms. The van der Waals surface area contributed by atoms with Crippen molar-refractivity contribution in [1.82, 2.24) is 0 Å². The van der Waals surface area contributed by atoms with Crippen LogP contribution in [-0.2, 0) is 9.53 Å². The van der Waals surface area contributed by atoms with E-state index < -0.39 is 0 Å². The predicted molar refractivity (Wildman–Crippen MR) is 127 cm³/mol. The van der Waals surface area contributed by atoms with Gasteiger partial charge in [-0.2, -0.15) is 0 Å². The van der Waals surface area contributed by atoms with Gasteiger partial charge in [-0.3, -0.25) is 4.79 Å². The third-order valence-electron chi connectivity index (χ3n) is 12.6. The van der Waals surface area contributed by atoms with Crippen LogP contribution in [0.25, 0.3) is 0 Å². The first-order valence-electron chi connectivity index (χ1n) is 13.5. The number of oxime groups is 1. The van der Waals surface area contributed by atoms with Crippen molar-refractivity contribution in [2.75, 3.05) is 6.61 Å². The van der Waals surface area contributed by atoms with E-state index in [0.717, 1.165) is 29.9 Å². The number of fused-ring (bicyclic) bond motifs is 7. The molecule has 8 unspecified atom stereocenters. The number of carbonyl (C=O) groups is 1. The summed E-state index contributed by atoms with van der Waals surface area (Å²) in [5, 5.41) is 13.3. The van der Waals surface area contributed by atoms with Gasteiger partial charge in [-0.1, -0.05) is 39.3 Å². The standard InChI is InChI=1S/C28H45NO3/c1-18-20-10-14-27(5)24(25(20,3)13-11-23(18)29-31)9-8-21-22-7-6-12-28(22,17-32-19(2)30)16-15-26(21,27)4/h18,20-22,24,31H,6-17H2,1-5H3/b29-23+/t18?,20?,21?,22?,24?,25?,26-,27?,28?/m1/s1. The number of hydrogen-bond acceptors (Lipinski definition) is 4. The SMILES string of the molecule is CC(=O)OCC12CCCC1C1CCC3C4(C)CC/C(=N\O)C(C)C4CCC3(C)[C@]1(C)CC2. The van der Waals surface area contributed by atoms with Gasteiger partial charge in [-0.25, -0.2) is 0 Å². The van der Waals surface area contributed by atoms with Crippen molar-refractivity contribution in [2.24, 2.45) is 56.4 Å². The number of carbonyl (C=O) groups excluding carboxylic acids is 1. The van der Waals surface area contributed by atoms with E-state index in [4.69, 9.17) is 4.74 Å². The summed E-state index contributed by atoms with van der Waals surface area (Å²) < 4.78 is 5.68. The molecule has 1 N–H and O–H groups in total. The highest BCUT2D eigenvalue weighted by atomic mass is 16.5. The number of esters is 1. The quantitative estimate of drug-likeness (QED) is 0.288. The van der Waals surface area contributed by atoms with Crippen molar-refractivity contribution in [2.45, 2.75) is 105 Å². The third kappa shape index (κ3) is 2.86. The fraction of sp³-hybridized carbons (Fsp3) is 0.929. The Morgan fingerprint density at radius 2 is 1.75 bits per heavy atom. The summed E-state index contributed by atoms with van der Waals surface area (Å²) in [6, 6.07) is 0. The molecule has 5 fully saturated rings. The molecule has 0 aromatic rings. The van der Waals surface area contributed by atoms with Crippen LogP contribution in [0.4, 0.5) is 0 Å². The molecule has 4 nitrogen and oxygen atoms in total. The number of nitrogens with zero attached hydrogens (tertiary/aromatic N) is 1. The summed E-state index contributed by atoms with van der Waals surface area (Å²) in [6.45, 7) is 12.5. The lowest BCUT2D eigenvalue weighted by Gasteiger charge is -2.71. The van der Waals surface area contributed by atoms with Crippen molar-refractivity contribution in [3.8, 4) is 0 Å². The van der Waals surface area contributed by atoms with Crippen molar-refractivity contribution in [3.05, 3.63) is 0 Å². The van der Waals surface area contributed by atoms with Gasteiger partial charge in [0, 0.05) is 18.3 Å². The maximum absolute atomic E-state index is 11.7. The lowest BCUT2D eigenvalue weighted by Crippen LogP contribution is -2.65. The minimum atomic E-state index is -0.113. The molecule has 5 rings (SSSR count). The van der Waals surface area contributed by atoms with Crippen LogP contribution in [0.5, 0.6) is 0 Å². The Balaban J connectivity index is 1.46.